The molecule has 1 fully saturated rings. The number of ether oxygens (including phenoxy) is 1. The SMILES string of the molecule is [CH2-]C(C)N1C2CCC1c1c(n([CH2-])c3cc(-n4ccc(OCc5ccccc5)cc4=O)ccc13)C2. The molecule has 2 bridgehead atoms. The molecule has 34 heavy (non-hydrogen) atoms. The van der Waals surface area contributed by atoms with Crippen LogP contribution >= 0.6 is 0 Å². The monoisotopic (exact) mass is 451 g/mol. The van der Waals surface area contributed by atoms with Crippen LogP contribution < -0.4 is 10.3 Å². The summed E-state index contributed by atoms with van der Waals surface area (Å²) in [4.78, 5) is 15.5. The maximum Gasteiger partial charge on any atom is 0.258 e. The lowest BCUT2D eigenvalue weighted by atomic mass is 9.95. The fourth-order valence-electron chi connectivity index (χ4n) is 5.96. The minimum atomic E-state index is -0.118. The Morgan fingerprint density at radius 3 is 2.68 bits per heavy atom. The van der Waals surface area contributed by atoms with Crippen LogP contribution in [0.4, 0.5) is 0 Å². The molecule has 5 heteroatoms. The van der Waals surface area contributed by atoms with Crippen LogP contribution in [-0.2, 0) is 13.0 Å². The number of hydrogen-bond donors (Lipinski definition) is 0. The molecule has 4 heterocycles. The van der Waals surface area contributed by atoms with Crippen molar-refractivity contribution in [2.24, 2.45) is 0 Å². The van der Waals surface area contributed by atoms with Crippen LogP contribution in [0.5, 0.6) is 5.75 Å². The summed E-state index contributed by atoms with van der Waals surface area (Å²) < 4.78 is 9.58. The number of hydrogen-bond acceptors (Lipinski definition) is 3. The Bertz CT molecular complexity index is 1420. The van der Waals surface area contributed by atoms with Crippen LogP contribution in [0, 0.1) is 14.0 Å². The standard InChI is InChI=1S/C29H29N3O2/c1-19(2)32-22-10-12-25(32)29-24-11-9-21(15-26(24)30(3)27(29)16-22)31-14-13-23(17-28(31)33)34-18-20-7-5-4-6-8-20/h4-9,11,13-15,17,19,22,25H,1,3,10,12,16,18H2,2H3/q-2. The Hall–Kier alpha value is -3.44. The maximum atomic E-state index is 12.9. The van der Waals surface area contributed by atoms with Crippen molar-refractivity contribution in [3.8, 4) is 11.4 Å². The lowest BCUT2D eigenvalue weighted by Crippen LogP contribution is -2.42. The first kappa shape index (κ1) is 21.1. The van der Waals surface area contributed by atoms with Gasteiger partial charge in [-0.2, -0.15) is 0 Å². The molecule has 2 aromatic heterocycles. The molecule has 0 radical (unpaired) electrons. The first-order valence-electron chi connectivity index (χ1n) is 12.0. The zero-order valence-electron chi connectivity index (χ0n) is 19.5. The van der Waals surface area contributed by atoms with Crippen LogP contribution in [0.2, 0.25) is 0 Å². The second-order valence-corrected chi connectivity index (χ2v) is 9.58. The maximum absolute atomic E-state index is 12.9. The van der Waals surface area contributed by atoms with Gasteiger partial charge in [-0.05, 0) is 37.0 Å². The van der Waals surface area contributed by atoms with E-state index in [0.29, 0.717) is 24.4 Å². The number of fused-ring (bicyclic) bond motifs is 6. The molecule has 1 saturated heterocycles. The molecule has 0 amide bonds. The Morgan fingerprint density at radius 2 is 1.91 bits per heavy atom. The van der Waals surface area contributed by atoms with Gasteiger partial charge < -0.3 is 21.1 Å². The van der Waals surface area contributed by atoms with Crippen molar-refractivity contribution in [2.75, 3.05) is 0 Å². The highest BCUT2D eigenvalue weighted by Gasteiger charge is 2.39. The molecule has 0 N–H and O–H groups in total. The van der Waals surface area contributed by atoms with Crippen LogP contribution in [0.1, 0.15) is 42.6 Å². The van der Waals surface area contributed by atoms with Crippen molar-refractivity contribution in [2.45, 2.75) is 50.9 Å². The summed E-state index contributed by atoms with van der Waals surface area (Å²) >= 11 is 0. The average molecular weight is 452 g/mol. The molecule has 174 valence electrons. The van der Waals surface area contributed by atoms with Gasteiger partial charge >= 0.3 is 0 Å². The second-order valence-electron chi connectivity index (χ2n) is 9.58. The van der Waals surface area contributed by atoms with Gasteiger partial charge in [-0.1, -0.05) is 71.5 Å². The van der Waals surface area contributed by atoms with E-state index in [9.17, 15) is 4.79 Å². The van der Waals surface area contributed by atoms with Crippen molar-refractivity contribution in [1.82, 2.24) is 14.0 Å². The summed E-state index contributed by atoms with van der Waals surface area (Å²) in [5.74, 6) is 0.570. The number of benzene rings is 2. The van der Waals surface area contributed by atoms with E-state index in [1.165, 1.54) is 29.5 Å². The first-order chi connectivity index (χ1) is 16.5. The molecular formula is C29H29N3O2-2. The van der Waals surface area contributed by atoms with Gasteiger partial charge in [-0.15, -0.1) is 13.1 Å². The number of rotatable bonds is 5. The number of nitrogens with zero attached hydrogens (tertiary/aromatic N) is 3. The minimum Gasteiger partial charge on any atom is -0.489 e. The van der Waals surface area contributed by atoms with Gasteiger partial charge in [-0.3, -0.25) is 9.36 Å². The van der Waals surface area contributed by atoms with E-state index in [0.717, 1.165) is 23.2 Å². The van der Waals surface area contributed by atoms with E-state index < -0.39 is 0 Å². The molecule has 6 rings (SSSR count). The van der Waals surface area contributed by atoms with Crippen LogP contribution in [0.15, 0.2) is 71.7 Å². The Labute approximate surface area is 200 Å². The summed E-state index contributed by atoms with van der Waals surface area (Å²) in [5, 5.41) is 1.24. The highest BCUT2D eigenvalue weighted by Crippen LogP contribution is 2.48. The van der Waals surface area contributed by atoms with Gasteiger partial charge in [0.05, 0.1) is 0 Å². The molecule has 2 aromatic carbocycles. The van der Waals surface area contributed by atoms with Crippen LogP contribution in [-0.4, -0.2) is 26.1 Å². The third-order valence-electron chi connectivity index (χ3n) is 7.44. The normalized spacial score (nSPS) is 20.4. The summed E-state index contributed by atoms with van der Waals surface area (Å²) in [6.45, 7) is 6.94. The smallest absolute Gasteiger partial charge is 0.258 e. The van der Waals surface area contributed by atoms with Crippen molar-refractivity contribution in [3.05, 3.63) is 108 Å². The number of pyridine rings is 1. The molecular weight excluding hydrogens is 422 g/mol. The van der Waals surface area contributed by atoms with Gasteiger partial charge in [0, 0.05) is 30.0 Å². The molecule has 0 aliphatic carbocycles. The van der Waals surface area contributed by atoms with Crippen LogP contribution in [0.3, 0.4) is 0 Å². The van der Waals surface area contributed by atoms with E-state index in [-0.39, 0.29) is 11.6 Å². The Kier molecular flexibility index (Phi) is 5.03. The van der Waals surface area contributed by atoms with Gasteiger partial charge in [-0.25, -0.2) is 0 Å². The Morgan fingerprint density at radius 1 is 1.09 bits per heavy atom. The predicted molar refractivity (Wildman–Crippen MR) is 135 cm³/mol. The van der Waals surface area contributed by atoms with Gasteiger partial charge in [0.1, 0.15) is 12.4 Å². The molecule has 0 saturated carbocycles. The van der Waals surface area contributed by atoms with Crippen molar-refractivity contribution in [1.29, 1.82) is 0 Å². The largest absolute Gasteiger partial charge is 0.489 e. The third kappa shape index (κ3) is 3.34. The van der Waals surface area contributed by atoms with E-state index in [4.69, 9.17) is 4.74 Å². The topological polar surface area (TPSA) is 39.4 Å². The van der Waals surface area contributed by atoms with Crippen molar-refractivity contribution < 1.29 is 4.74 Å². The summed E-state index contributed by atoms with van der Waals surface area (Å²) in [5.41, 5.74) is 5.58. The Balaban J connectivity index is 1.33. The third-order valence-corrected chi connectivity index (χ3v) is 7.44. The number of aromatic nitrogens is 2. The quantitative estimate of drug-likeness (QED) is 0.387. The highest BCUT2D eigenvalue weighted by molar-refractivity contribution is 5.88. The molecule has 2 aliphatic rings. The predicted octanol–water partition coefficient (Wildman–Crippen LogP) is 5.30. The van der Waals surface area contributed by atoms with E-state index >= 15 is 0 Å². The fraction of sp³-hybridized carbons (Fsp3) is 0.276. The molecule has 2 aliphatic heterocycles. The van der Waals surface area contributed by atoms with Gasteiger partial charge in [0.2, 0.25) is 0 Å². The zero-order chi connectivity index (χ0) is 23.4. The first-order valence-corrected chi connectivity index (χ1v) is 12.0. The molecule has 3 unspecified atom stereocenters. The zero-order valence-corrected chi connectivity index (χ0v) is 19.5. The lowest BCUT2D eigenvalue weighted by Gasteiger charge is -2.44. The van der Waals surface area contributed by atoms with Crippen LogP contribution in [0.25, 0.3) is 16.6 Å². The minimum absolute atomic E-state index is 0.118. The average Bonchev–Trinajstić information content (AvgIpc) is 3.31. The van der Waals surface area contributed by atoms with E-state index in [1.54, 1.807) is 16.8 Å². The summed E-state index contributed by atoms with van der Waals surface area (Å²) in [6.07, 6.45) is 5.18. The molecule has 3 atom stereocenters. The summed E-state index contributed by atoms with van der Waals surface area (Å²) in [7, 11) is 4.39. The molecule has 0 spiro atoms. The lowest BCUT2D eigenvalue weighted by molar-refractivity contribution is 0.148. The molecule has 4 aromatic rings. The summed E-state index contributed by atoms with van der Waals surface area (Å²) in [6, 6.07) is 20.8. The fourth-order valence-corrected chi connectivity index (χ4v) is 5.96. The van der Waals surface area contributed by atoms with Gasteiger partial charge in [0.25, 0.3) is 5.56 Å². The van der Waals surface area contributed by atoms with Crippen molar-refractivity contribution in [3.63, 3.8) is 0 Å². The molecule has 5 nitrogen and oxygen atoms in total. The second kappa shape index (κ2) is 8.10. The van der Waals surface area contributed by atoms with Crippen molar-refractivity contribution >= 4 is 10.9 Å². The van der Waals surface area contributed by atoms with E-state index in [2.05, 4.69) is 42.5 Å². The van der Waals surface area contributed by atoms with Gasteiger partial charge in [0.15, 0.2) is 0 Å². The highest BCUT2D eigenvalue weighted by atomic mass is 16.5. The van der Waals surface area contributed by atoms with E-state index in [1.807, 2.05) is 42.5 Å².